The van der Waals surface area contributed by atoms with Crippen LogP contribution in [0.15, 0.2) is 24.3 Å². The van der Waals surface area contributed by atoms with Crippen molar-refractivity contribution in [2.75, 3.05) is 25.0 Å². The molecule has 0 spiro atoms. The van der Waals surface area contributed by atoms with Gasteiger partial charge >= 0.3 is 0 Å². The number of benzene rings is 1. The number of amides is 1. The first kappa shape index (κ1) is 16.6. The number of aromatic nitrogens is 2. The van der Waals surface area contributed by atoms with Crippen molar-refractivity contribution in [3.05, 3.63) is 40.1 Å². The van der Waals surface area contributed by atoms with Crippen LogP contribution < -0.4 is 5.32 Å². The molecule has 1 N–H and O–H groups in total. The van der Waals surface area contributed by atoms with E-state index >= 15 is 0 Å². The zero-order chi connectivity index (χ0) is 17.2. The van der Waals surface area contributed by atoms with Crippen LogP contribution in [0.25, 0.3) is 0 Å². The number of halogens is 1. The molecule has 0 atom stereocenters. The van der Waals surface area contributed by atoms with Crippen molar-refractivity contribution in [2.45, 2.75) is 37.5 Å². The monoisotopic (exact) mass is 360 g/mol. The van der Waals surface area contributed by atoms with E-state index in [1.54, 1.807) is 29.5 Å². The molecule has 2 aliphatic rings. The van der Waals surface area contributed by atoms with Crippen LogP contribution >= 0.6 is 11.3 Å². The molecule has 7 heteroatoms. The van der Waals surface area contributed by atoms with Crippen molar-refractivity contribution in [3.63, 3.8) is 0 Å². The third kappa shape index (κ3) is 4.04. The first-order chi connectivity index (χ1) is 12.2. The summed E-state index contributed by atoms with van der Waals surface area (Å²) in [6, 6.07) is 6.24. The largest absolute Gasteiger partial charge is 0.322 e. The summed E-state index contributed by atoms with van der Waals surface area (Å²) in [6.07, 6.45) is 4.49. The van der Waals surface area contributed by atoms with Crippen LogP contribution in [0, 0.1) is 5.82 Å². The molecule has 25 heavy (non-hydrogen) atoms. The lowest BCUT2D eigenvalue weighted by molar-refractivity contribution is -0.117. The lowest BCUT2D eigenvalue weighted by Gasteiger charge is -2.30. The molecule has 132 valence electrons. The number of piperidine rings is 1. The van der Waals surface area contributed by atoms with Crippen LogP contribution in [0.2, 0.25) is 0 Å². The van der Waals surface area contributed by atoms with E-state index in [0.717, 1.165) is 30.9 Å². The fourth-order valence-corrected chi connectivity index (χ4v) is 4.38. The van der Waals surface area contributed by atoms with E-state index in [-0.39, 0.29) is 11.6 Å². The SMILES string of the molecule is O=C(CN1CCC(c2nnc(C3CC3)s2)CC1)Nc1ccccc1F. The number of rotatable bonds is 5. The Morgan fingerprint density at radius 2 is 1.76 bits per heavy atom. The van der Waals surface area contributed by atoms with Crippen molar-refractivity contribution in [1.82, 2.24) is 15.1 Å². The predicted octanol–water partition coefficient (Wildman–Crippen LogP) is 3.37. The summed E-state index contributed by atoms with van der Waals surface area (Å²) in [4.78, 5) is 14.3. The fourth-order valence-electron chi connectivity index (χ4n) is 3.20. The van der Waals surface area contributed by atoms with Crippen LogP contribution in [-0.4, -0.2) is 40.6 Å². The van der Waals surface area contributed by atoms with Crippen molar-refractivity contribution >= 4 is 22.9 Å². The lowest BCUT2D eigenvalue weighted by Crippen LogP contribution is -2.38. The predicted molar refractivity (Wildman–Crippen MR) is 95.3 cm³/mol. The van der Waals surface area contributed by atoms with Gasteiger partial charge in [-0.25, -0.2) is 4.39 Å². The van der Waals surface area contributed by atoms with Crippen LogP contribution in [0.5, 0.6) is 0 Å². The lowest BCUT2D eigenvalue weighted by atomic mass is 9.98. The van der Waals surface area contributed by atoms with Gasteiger partial charge in [-0.2, -0.15) is 0 Å². The van der Waals surface area contributed by atoms with Gasteiger partial charge in [0.05, 0.1) is 12.2 Å². The quantitative estimate of drug-likeness (QED) is 0.888. The Balaban J connectivity index is 1.26. The maximum Gasteiger partial charge on any atom is 0.238 e. The molecule has 1 aliphatic heterocycles. The first-order valence-electron chi connectivity index (χ1n) is 8.79. The number of carbonyl (C=O) groups is 1. The highest BCUT2D eigenvalue weighted by atomic mass is 32.1. The Morgan fingerprint density at radius 3 is 2.40 bits per heavy atom. The van der Waals surface area contributed by atoms with Crippen LogP contribution in [-0.2, 0) is 4.79 Å². The molecule has 0 bridgehead atoms. The average Bonchev–Trinajstić information content (AvgIpc) is 3.35. The Morgan fingerprint density at radius 1 is 1.12 bits per heavy atom. The number of carbonyl (C=O) groups excluding carboxylic acids is 1. The highest BCUT2D eigenvalue weighted by molar-refractivity contribution is 7.11. The highest BCUT2D eigenvalue weighted by Crippen LogP contribution is 2.43. The normalized spacial score (nSPS) is 19.1. The molecule has 2 heterocycles. The van der Waals surface area contributed by atoms with Gasteiger partial charge in [-0.05, 0) is 50.9 Å². The Hall–Kier alpha value is -1.86. The number of para-hydroxylation sites is 1. The maximum atomic E-state index is 13.6. The third-order valence-corrected chi connectivity index (χ3v) is 6.08. The van der Waals surface area contributed by atoms with E-state index in [1.165, 1.54) is 23.9 Å². The second-order valence-electron chi connectivity index (χ2n) is 6.83. The summed E-state index contributed by atoms with van der Waals surface area (Å²) in [5.41, 5.74) is 0.240. The van der Waals surface area contributed by atoms with E-state index in [1.807, 2.05) is 0 Å². The Kier molecular flexibility index (Phi) is 4.76. The molecule has 2 fully saturated rings. The van der Waals surface area contributed by atoms with E-state index < -0.39 is 5.82 Å². The number of hydrogen-bond donors (Lipinski definition) is 1. The van der Waals surface area contributed by atoms with E-state index in [0.29, 0.717) is 18.4 Å². The fraction of sp³-hybridized carbons (Fsp3) is 0.500. The number of nitrogens with zero attached hydrogens (tertiary/aromatic N) is 3. The summed E-state index contributed by atoms with van der Waals surface area (Å²) >= 11 is 1.77. The van der Waals surface area contributed by atoms with Gasteiger partial charge < -0.3 is 5.32 Å². The van der Waals surface area contributed by atoms with Gasteiger partial charge in [0.1, 0.15) is 15.8 Å². The van der Waals surface area contributed by atoms with E-state index in [2.05, 4.69) is 20.4 Å². The zero-order valence-corrected chi connectivity index (χ0v) is 14.8. The molecule has 0 radical (unpaired) electrons. The van der Waals surface area contributed by atoms with Gasteiger partial charge in [-0.15, -0.1) is 21.5 Å². The molecule has 1 aromatic carbocycles. The molecule has 1 amide bonds. The Labute approximate surface area is 150 Å². The van der Waals surface area contributed by atoms with Gasteiger partial charge in [0, 0.05) is 11.8 Å². The van der Waals surface area contributed by atoms with Gasteiger partial charge in [0.2, 0.25) is 5.91 Å². The molecule has 1 aromatic heterocycles. The second kappa shape index (κ2) is 7.17. The minimum atomic E-state index is -0.405. The van der Waals surface area contributed by atoms with Crippen molar-refractivity contribution in [1.29, 1.82) is 0 Å². The molecule has 1 aliphatic carbocycles. The standard InChI is InChI=1S/C18H21FN4OS/c19-14-3-1-2-4-15(14)20-16(24)11-23-9-7-13(8-10-23)18-22-21-17(25-18)12-5-6-12/h1-4,12-13H,5-11H2,(H,20,24). The summed E-state index contributed by atoms with van der Waals surface area (Å²) < 4.78 is 13.6. The molecule has 2 aromatic rings. The minimum absolute atomic E-state index is 0.171. The van der Waals surface area contributed by atoms with E-state index in [9.17, 15) is 9.18 Å². The number of nitrogens with one attached hydrogen (secondary N) is 1. The minimum Gasteiger partial charge on any atom is -0.322 e. The Bertz CT molecular complexity index is 753. The van der Waals surface area contributed by atoms with Gasteiger partial charge in [-0.3, -0.25) is 9.69 Å². The molecule has 0 unspecified atom stereocenters. The van der Waals surface area contributed by atoms with Crippen LogP contribution in [0.4, 0.5) is 10.1 Å². The summed E-state index contributed by atoms with van der Waals surface area (Å²) in [5, 5.41) is 13.7. The smallest absolute Gasteiger partial charge is 0.238 e. The third-order valence-electron chi connectivity index (χ3n) is 4.83. The van der Waals surface area contributed by atoms with E-state index in [4.69, 9.17) is 0 Å². The summed E-state index contributed by atoms with van der Waals surface area (Å²) in [7, 11) is 0. The van der Waals surface area contributed by atoms with Crippen LogP contribution in [0.3, 0.4) is 0 Å². The van der Waals surface area contributed by atoms with Crippen LogP contribution in [0.1, 0.15) is 47.5 Å². The van der Waals surface area contributed by atoms with Gasteiger partial charge in [0.25, 0.3) is 0 Å². The highest BCUT2D eigenvalue weighted by Gasteiger charge is 2.30. The van der Waals surface area contributed by atoms with Crippen molar-refractivity contribution in [2.24, 2.45) is 0 Å². The van der Waals surface area contributed by atoms with Crippen molar-refractivity contribution < 1.29 is 9.18 Å². The molecule has 5 nitrogen and oxygen atoms in total. The number of likely N-dealkylation sites (tertiary alicyclic amines) is 1. The molecular weight excluding hydrogens is 339 g/mol. The van der Waals surface area contributed by atoms with Gasteiger partial charge in [-0.1, -0.05) is 12.1 Å². The van der Waals surface area contributed by atoms with Crippen molar-refractivity contribution in [3.8, 4) is 0 Å². The summed E-state index contributed by atoms with van der Waals surface area (Å²) in [5.74, 6) is 0.539. The first-order valence-corrected chi connectivity index (χ1v) is 9.60. The summed E-state index contributed by atoms with van der Waals surface area (Å²) in [6.45, 7) is 2.01. The second-order valence-corrected chi connectivity index (χ2v) is 7.87. The van der Waals surface area contributed by atoms with Gasteiger partial charge in [0.15, 0.2) is 0 Å². The molecule has 1 saturated carbocycles. The number of hydrogen-bond acceptors (Lipinski definition) is 5. The molecular formula is C18H21FN4OS. The topological polar surface area (TPSA) is 58.1 Å². The average molecular weight is 360 g/mol. The molecule has 4 rings (SSSR count). The molecule has 1 saturated heterocycles. The zero-order valence-electron chi connectivity index (χ0n) is 13.9. The number of anilines is 1. The maximum absolute atomic E-state index is 13.6.